The van der Waals surface area contributed by atoms with Crippen LogP contribution in [0.5, 0.6) is 0 Å². The summed E-state index contributed by atoms with van der Waals surface area (Å²) in [5.41, 5.74) is 5.51. The number of carbonyl (C=O) groups is 1. The molecule has 0 heterocycles. The number of unbranched alkanes of at least 4 members (excludes halogenated alkanes) is 1. The highest BCUT2D eigenvalue weighted by molar-refractivity contribution is 5.73. The molecule has 1 aliphatic carbocycles. The molecule has 2 N–H and O–H groups in total. The van der Waals surface area contributed by atoms with Crippen molar-refractivity contribution in [3.05, 3.63) is 0 Å². The Kier molecular flexibility index (Phi) is 4.58. The second kappa shape index (κ2) is 5.50. The Labute approximate surface area is 93.0 Å². The third-order valence-electron chi connectivity index (χ3n) is 3.77. The van der Waals surface area contributed by atoms with E-state index in [0.717, 1.165) is 19.4 Å². The third-order valence-corrected chi connectivity index (χ3v) is 3.77. The van der Waals surface area contributed by atoms with Gasteiger partial charge >= 0.3 is 0 Å². The van der Waals surface area contributed by atoms with Crippen molar-refractivity contribution in [2.24, 2.45) is 5.73 Å². The normalized spacial score (nSPS) is 19.7. The van der Waals surface area contributed by atoms with Crippen LogP contribution in [0.1, 0.15) is 51.9 Å². The summed E-state index contributed by atoms with van der Waals surface area (Å²) < 4.78 is 0. The van der Waals surface area contributed by atoms with Crippen LogP contribution in [-0.2, 0) is 4.79 Å². The Morgan fingerprint density at radius 1 is 1.33 bits per heavy atom. The summed E-state index contributed by atoms with van der Waals surface area (Å²) in [4.78, 5) is 13.0. The zero-order valence-corrected chi connectivity index (χ0v) is 10.1. The molecule has 0 aromatic heterocycles. The maximum atomic E-state index is 10.6. The van der Waals surface area contributed by atoms with Gasteiger partial charge in [0, 0.05) is 12.0 Å². The summed E-state index contributed by atoms with van der Waals surface area (Å²) in [6.45, 7) is 3.44. The first-order valence-electron chi connectivity index (χ1n) is 6.04. The zero-order chi connectivity index (χ0) is 11.3. The highest BCUT2D eigenvalue weighted by atomic mass is 16.1. The maximum Gasteiger partial charge on any atom is 0.217 e. The van der Waals surface area contributed by atoms with Gasteiger partial charge in [0.1, 0.15) is 0 Å². The molecule has 1 saturated carbocycles. The number of amides is 1. The van der Waals surface area contributed by atoms with Gasteiger partial charge in [-0.05, 0) is 46.2 Å². The smallest absolute Gasteiger partial charge is 0.217 e. The molecule has 0 aromatic rings. The Bertz CT molecular complexity index is 210. The van der Waals surface area contributed by atoms with E-state index in [1.54, 1.807) is 0 Å². The van der Waals surface area contributed by atoms with E-state index in [2.05, 4.69) is 18.9 Å². The molecule has 0 atom stereocenters. The minimum Gasteiger partial charge on any atom is -0.370 e. The van der Waals surface area contributed by atoms with Crippen molar-refractivity contribution in [1.29, 1.82) is 0 Å². The number of rotatable bonds is 6. The average Bonchev–Trinajstić information content (AvgIpc) is 2.60. The summed E-state index contributed by atoms with van der Waals surface area (Å²) in [6, 6.07) is 0. The quantitative estimate of drug-likeness (QED) is 0.684. The highest BCUT2D eigenvalue weighted by Crippen LogP contribution is 2.33. The average molecular weight is 212 g/mol. The second-order valence-electron chi connectivity index (χ2n) is 5.05. The Morgan fingerprint density at radius 3 is 2.47 bits per heavy atom. The van der Waals surface area contributed by atoms with E-state index < -0.39 is 0 Å². The summed E-state index contributed by atoms with van der Waals surface area (Å²) in [7, 11) is 2.20. The van der Waals surface area contributed by atoms with Crippen molar-refractivity contribution >= 4 is 5.91 Å². The number of hydrogen-bond donors (Lipinski definition) is 1. The lowest BCUT2D eigenvalue weighted by atomic mass is 9.98. The van der Waals surface area contributed by atoms with Gasteiger partial charge in [0.2, 0.25) is 5.91 Å². The van der Waals surface area contributed by atoms with E-state index in [1.165, 1.54) is 25.7 Å². The van der Waals surface area contributed by atoms with Crippen molar-refractivity contribution in [2.75, 3.05) is 13.6 Å². The second-order valence-corrected chi connectivity index (χ2v) is 5.05. The van der Waals surface area contributed by atoms with Crippen LogP contribution in [0.25, 0.3) is 0 Å². The number of primary amides is 1. The lowest BCUT2D eigenvalue weighted by molar-refractivity contribution is -0.118. The van der Waals surface area contributed by atoms with E-state index >= 15 is 0 Å². The van der Waals surface area contributed by atoms with Gasteiger partial charge in [-0.25, -0.2) is 0 Å². The predicted molar refractivity (Wildman–Crippen MR) is 62.5 cm³/mol. The molecule has 3 heteroatoms. The van der Waals surface area contributed by atoms with Crippen LogP contribution < -0.4 is 5.73 Å². The van der Waals surface area contributed by atoms with Gasteiger partial charge in [0.05, 0.1) is 0 Å². The van der Waals surface area contributed by atoms with Crippen LogP contribution in [0.15, 0.2) is 0 Å². The van der Waals surface area contributed by atoms with E-state index in [-0.39, 0.29) is 5.91 Å². The van der Waals surface area contributed by atoms with Crippen LogP contribution in [-0.4, -0.2) is 29.9 Å². The number of carbonyl (C=O) groups excluding carboxylic acids is 1. The van der Waals surface area contributed by atoms with Crippen LogP contribution >= 0.6 is 0 Å². The third kappa shape index (κ3) is 3.82. The van der Waals surface area contributed by atoms with E-state index in [4.69, 9.17) is 5.73 Å². The number of hydrogen-bond acceptors (Lipinski definition) is 2. The lowest BCUT2D eigenvalue weighted by Gasteiger charge is -2.35. The monoisotopic (exact) mass is 212 g/mol. The lowest BCUT2D eigenvalue weighted by Crippen LogP contribution is -2.41. The van der Waals surface area contributed by atoms with Gasteiger partial charge in [-0.15, -0.1) is 0 Å². The first-order chi connectivity index (χ1) is 7.04. The van der Waals surface area contributed by atoms with Crippen LogP contribution in [0, 0.1) is 0 Å². The van der Waals surface area contributed by atoms with E-state index in [0.29, 0.717) is 12.0 Å². The largest absolute Gasteiger partial charge is 0.370 e. The summed E-state index contributed by atoms with van der Waals surface area (Å²) in [6.07, 6.45) is 7.90. The fraction of sp³-hybridized carbons (Fsp3) is 0.917. The SMILES string of the molecule is CN(CCCCC(N)=O)C1(C)CCCC1. The first-order valence-corrected chi connectivity index (χ1v) is 6.04. The molecule has 88 valence electrons. The molecule has 0 saturated heterocycles. The van der Waals surface area contributed by atoms with Crippen LogP contribution in [0.4, 0.5) is 0 Å². The molecule has 0 aliphatic heterocycles. The maximum absolute atomic E-state index is 10.6. The fourth-order valence-electron chi connectivity index (χ4n) is 2.44. The Balaban J connectivity index is 2.17. The molecule has 1 rings (SSSR count). The molecule has 0 radical (unpaired) electrons. The van der Waals surface area contributed by atoms with Crippen molar-refractivity contribution in [1.82, 2.24) is 4.90 Å². The van der Waals surface area contributed by atoms with Crippen molar-refractivity contribution in [2.45, 2.75) is 57.4 Å². The van der Waals surface area contributed by atoms with Gasteiger partial charge in [0.25, 0.3) is 0 Å². The molecule has 15 heavy (non-hydrogen) atoms. The van der Waals surface area contributed by atoms with E-state index in [9.17, 15) is 4.79 Å². The molecule has 0 bridgehead atoms. The van der Waals surface area contributed by atoms with Crippen LogP contribution in [0.3, 0.4) is 0 Å². The summed E-state index contributed by atoms with van der Waals surface area (Å²) >= 11 is 0. The van der Waals surface area contributed by atoms with Crippen molar-refractivity contribution < 1.29 is 4.79 Å². The Hall–Kier alpha value is -0.570. The molecule has 0 spiro atoms. The minimum absolute atomic E-state index is 0.176. The van der Waals surface area contributed by atoms with Gasteiger partial charge < -0.3 is 10.6 Å². The van der Waals surface area contributed by atoms with Crippen molar-refractivity contribution in [3.63, 3.8) is 0 Å². The number of nitrogens with two attached hydrogens (primary N) is 1. The standard InChI is InChI=1S/C12H24N2O/c1-12(8-4-5-9-12)14(2)10-6-3-7-11(13)15/h3-10H2,1-2H3,(H2,13,15). The highest BCUT2D eigenvalue weighted by Gasteiger charge is 2.31. The molecular formula is C12H24N2O. The first kappa shape index (κ1) is 12.5. The topological polar surface area (TPSA) is 46.3 Å². The van der Waals surface area contributed by atoms with E-state index in [1.807, 2.05) is 0 Å². The Morgan fingerprint density at radius 2 is 1.93 bits per heavy atom. The van der Waals surface area contributed by atoms with Gasteiger partial charge in [0.15, 0.2) is 0 Å². The minimum atomic E-state index is -0.176. The fourth-order valence-corrected chi connectivity index (χ4v) is 2.44. The molecule has 1 amide bonds. The molecule has 1 aliphatic rings. The molecule has 3 nitrogen and oxygen atoms in total. The van der Waals surface area contributed by atoms with Crippen LogP contribution in [0.2, 0.25) is 0 Å². The predicted octanol–water partition coefficient (Wildman–Crippen LogP) is 1.91. The molecule has 1 fully saturated rings. The summed E-state index contributed by atoms with van der Waals surface area (Å²) in [5, 5.41) is 0. The molecule has 0 aromatic carbocycles. The van der Waals surface area contributed by atoms with Gasteiger partial charge in [-0.3, -0.25) is 4.79 Å². The van der Waals surface area contributed by atoms with Gasteiger partial charge in [-0.2, -0.15) is 0 Å². The zero-order valence-electron chi connectivity index (χ0n) is 10.1. The van der Waals surface area contributed by atoms with Crippen molar-refractivity contribution in [3.8, 4) is 0 Å². The molecule has 0 unspecified atom stereocenters. The number of nitrogens with zero attached hydrogens (tertiary/aromatic N) is 1. The molecular weight excluding hydrogens is 188 g/mol. The summed E-state index contributed by atoms with van der Waals surface area (Å²) in [5.74, 6) is -0.176. The van der Waals surface area contributed by atoms with Gasteiger partial charge in [-0.1, -0.05) is 12.8 Å².